The summed E-state index contributed by atoms with van der Waals surface area (Å²) in [6.07, 6.45) is 2.12. The van der Waals surface area contributed by atoms with E-state index in [1.165, 1.54) is 22.7 Å². The van der Waals surface area contributed by atoms with Crippen LogP contribution in [0.5, 0.6) is 0 Å². The molecule has 0 aliphatic rings. The average molecular weight is 617 g/mol. The van der Waals surface area contributed by atoms with Crippen LogP contribution in [0.25, 0.3) is 27.1 Å². The third-order valence-corrected chi connectivity index (χ3v) is 8.56. The zero-order chi connectivity index (χ0) is 29.2. The molecule has 12 heteroatoms. The predicted molar refractivity (Wildman–Crippen MR) is 167 cm³/mol. The Bertz CT molecular complexity index is 1900. The summed E-state index contributed by atoms with van der Waals surface area (Å²) in [5.41, 5.74) is 10.6. The number of hydrogen-bond acceptors (Lipinski definition) is 8. The van der Waals surface area contributed by atoms with Gasteiger partial charge in [0, 0.05) is 28.7 Å². The predicted octanol–water partition coefficient (Wildman–Crippen LogP) is 5.17. The molecule has 0 aliphatic heterocycles. The summed E-state index contributed by atoms with van der Waals surface area (Å²) in [6, 6.07) is 17.7. The number of thiazole rings is 1. The Morgan fingerprint density at radius 3 is 2.62 bits per heavy atom. The van der Waals surface area contributed by atoms with E-state index in [9.17, 15) is 14.7 Å². The zero-order valence-electron chi connectivity index (χ0n) is 22.1. The van der Waals surface area contributed by atoms with E-state index in [0.717, 1.165) is 26.9 Å². The molecule has 0 saturated heterocycles. The highest BCUT2D eigenvalue weighted by atomic mass is 35.5. The fourth-order valence-corrected chi connectivity index (χ4v) is 6.32. The maximum Gasteiger partial charge on any atom is 0.270 e. The van der Waals surface area contributed by atoms with E-state index in [1.807, 2.05) is 47.2 Å². The van der Waals surface area contributed by atoms with Gasteiger partial charge in [-0.05, 0) is 65.4 Å². The Hall–Kier alpha value is -4.29. The highest BCUT2D eigenvalue weighted by Crippen LogP contribution is 2.28. The molecular formula is C30H25ClN6O3S2. The number of pyridine rings is 1. The smallest absolute Gasteiger partial charge is 0.270 e. The van der Waals surface area contributed by atoms with Gasteiger partial charge < -0.3 is 21.5 Å². The fraction of sp³-hybridized carbons (Fsp3) is 0.133. The molecule has 0 spiro atoms. The lowest BCUT2D eigenvalue weighted by molar-refractivity contribution is 0.0909. The molecule has 2 amide bonds. The molecule has 42 heavy (non-hydrogen) atoms. The number of fused-ring (bicyclic) bond motifs is 2. The van der Waals surface area contributed by atoms with Crippen molar-refractivity contribution in [1.82, 2.24) is 25.0 Å². The Labute approximate surface area is 253 Å². The number of nitrogens with two attached hydrogens (primary N) is 1. The average Bonchev–Trinajstić information content (AvgIpc) is 3.74. The number of aliphatic hydroxyl groups excluding tert-OH is 1. The first-order valence-electron chi connectivity index (χ1n) is 13.0. The number of amides is 2. The van der Waals surface area contributed by atoms with Crippen molar-refractivity contribution >= 4 is 67.1 Å². The number of carbonyl (C=O) groups excluding carboxylic acids is 2. The molecule has 4 heterocycles. The first kappa shape index (κ1) is 27.9. The van der Waals surface area contributed by atoms with Crippen molar-refractivity contribution < 1.29 is 14.7 Å². The first-order valence-corrected chi connectivity index (χ1v) is 15.2. The molecular weight excluding hydrogens is 592 g/mol. The number of benzene rings is 2. The molecule has 4 aromatic heterocycles. The summed E-state index contributed by atoms with van der Waals surface area (Å²) in [5.74, 6) is -0.735. The lowest BCUT2D eigenvalue weighted by atomic mass is 10.1. The topological polar surface area (TPSA) is 135 Å². The minimum atomic E-state index is -0.544. The minimum Gasteiger partial charge on any atom is -0.394 e. The summed E-state index contributed by atoms with van der Waals surface area (Å²) < 4.78 is 2.57. The van der Waals surface area contributed by atoms with Crippen molar-refractivity contribution in [2.24, 2.45) is 0 Å². The molecule has 0 aliphatic carbocycles. The molecule has 0 bridgehead atoms. The second-order valence-electron chi connectivity index (χ2n) is 9.66. The molecule has 0 fully saturated rings. The quantitative estimate of drug-likeness (QED) is 0.177. The molecule has 1 unspecified atom stereocenters. The summed E-state index contributed by atoms with van der Waals surface area (Å²) in [7, 11) is 0. The monoisotopic (exact) mass is 616 g/mol. The second-order valence-corrected chi connectivity index (χ2v) is 11.9. The zero-order valence-corrected chi connectivity index (χ0v) is 24.5. The number of halogens is 1. The van der Waals surface area contributed by atoms with Crippen LogP contribution in [0.15, 0.2) is 77.6 Å². The van der Waals surface area contributed by atoms with Crippen molar-refractivity contribution in [3.05, 3.63) is 105 Å². The van der Waals surface area contributed by atoms with Crippen LogP contribution in [-0.4, -0.2) is 43.9 Å². The molecule has 212 valence electrons. The van der Waals surface area contributed by atoms with Gasteiger partial charge in [0.15, 0.2) is 10.8 Å². The van der Waals surface area contributed by atoms with Gasteiger partial charge >= 0.3 is 0 Å². The Balaban J connectivity index is 1.29. The van der Waals surface area contributed by atoms with Crippen LogP contribution in [0.1, 0.15) is 32.0 Å². The number of rotatable bonds is 9. The maximum absolute atomic E-state index is 13.7. The van der Waals surface area contributed by atoms with Gasteiger partial charge in [-0.1, -0.05) is 41.1 Å². The molecule has 0 radical (unpaired) electrons. The number of thiophene rings is 1. The van der Waals surface area contributed by atoms with Gasteiger partial charge in [0.05, 0.1) is 28.4 Å². The van der Waals surface area contributed by atoms with E-state index in [1.54, 1.807) is 34.9 Å². The standard InChI is InChI=1S/C30H25ClN6O3S2/c31-20-6-3-17(4-7-20)12-21(15-38)34-29(40)26-25(19-9-11-41-16-19)36-27-22(2-1-10-37(26)27)28(39)33-14-18-5-8-23-24(13-18)42-30(32)35-23/h1-11,13,16,21,38H,12,14-15H2,(H2,32,35)(H,33,39)(H,34,40). The summed E-state index contributed by atoms with van der Waals surface area (Å²) in [5, 5.41) is 20.9. The lowest BCUT2D eigenvalue weighted by Crippen LogP contribution is -2.39. The van der Waals surface area contributed by atoms with Crippen molar-refractivity contribution in [1.29, 1.82) is 0 Å². The van der Waals surface area contributed by atoms with E-state index < -0.39 is 11.9 Å². The van der Waals surface area contributed by atoms with E-state index in [-0.39, 0.29) is 18.2 Å². The van der Waals surface area contributed by atoms with Crippen molar-refractivity contribution in [2.45, 2.75) is 19.0 Å². The fourth-order valence-electron chi connectivity index (χ4n) is 4.76. The summed E-state index contributed by atoms with van der Waals surface area (Å²) >= 11 is 8.88. The Morgan fingerprint density at radius 2 is 1.86 bits per heavy atom. The Morgan fingerprint density at radius 1 is 1.05 bits per heavy atom. The van der Waals surface area contributed by atoms with Crippen molar-refractivity contribution in [3.8, 4) is 11.3 Å². The number of nitrogens with one attached hydrogen (secondary N) is 2. The number of imidazole rings is 1. The Kier molecular flexibility index (Phi) is 7.90. The number of aliphatic hydroxyl groups is 1. The highest BCUT2D eigenvalue weighted by Gasteiger charge is 2.25. The number of carbonyl (C=O) groups is 2. The van der Waals surface area contributed by atoms with Gasteiger partial charge in [0.1, 0.15) is 11.4 Å². The van der Waals surface area contributed by atoms with E-state index in [0.29, 0.717) is 40.0 Å². The molecule has 6 aromatic rings. The molecule has 9 nitrogen and oxygen atoms in total. The van der Waals surface area contributed by atoms with Gasteiger partial charge in [-0.15, -0.1) is 0 Å². The van der Waals surface area contributed by atoms with Crippen LogP contribution >= 0.6 is 34.3 Å². The molecule has 1 atom stereocenters. The van der Waals surface area contributed by atoms with Crippen LogP contribution in [0.4, 0.5) is 5.13 Å². The van der Waals surface area contributed by atoms with Gasteiger partial charge in [-0.3, -0.25) is 14.0 Å². The first-order chi connectivity index (χ1) is 20.4. The highest BCUT2D eigenvalue weighted by molar-refractivity contribution is 7.22. The van der Waals surface area contributed by atoms with Crippen LogP contribution in [0, 0.1) is 0 Å². The van der Waals surface area contributed by atoms with Gasteiger partial charge in [0.25, 0.3) is 11.8 Å². The molecule has 5 N–H and O–H groups in total. The summed E-state index contributed by atoms with van der Waals surface area (Å²) in [6.45, 7) is 0.0361. The van der Waals surface area contributed by atoms with E-state index in [2.05, 4.69) is 15.6 Å². The van der Waals surface area contributed by atoms with Crippen LogP contribution < -0.4 is 16.4 Å². The second kappa shape index (κ2) is 11.9. The number of hydrogen-bond donors (Lipinski definition) is 4. The van der Waals surface area contributed by atoms with E-state index in [4.69, 9.17) is 22.3 Å². The lowest BCUT2D eigenvalue weighted by Gasteiger charge is -2.17. The van der Waals surface area contributed by atoms with Crippen LogP contribution in [-0.2, 0) is 13.0 Å². The molecule has 2 aromatic carbocycles. The van der Waals surface area contributed by atoms with Crippen molar-refractivity contribution in [2.75, 3.05) is 12.3 Å². The van der Waals surface area contributed by atoms with Crippen LogP contribution in [0.2, 0.25) is 5.02 Å². The SMILES string of the molecule is Nc1nc2ccc(CNC(=O)c3cccn4c(C(=O)NC(CO)Cc5ccc(Cl)cc5)c(-c5ccsc5)nc34)cc2s1. The third kappa shape index (κ3) is 5.72. The maximum atomic E-state index is 13.7. The summed E-state index contributed by atoms with van der Waals surface area (Å²) in [4.78, 5) is 36.2. The van der Waals surface area contributed by atoms with Gasteiger partial charge in [-0.2, -0.15) is 11.3 Å². The number of nitrogen functional groups attached to an aromatic ring is 1. The number of aromatic nitrogens is 3. The van der Waals surface area contributed by atoms with Crippen molar-refractivity contribution in [3.63, 3.8) is 0 Å². The van der Waals surface area contributed by atoms with E-state index >= 15 is 0 Å². The number of anilines is 1. The van der Waals surface area contributed by atoms with Crippen LogP contribution in [0.3, 0.4) is 0 Å². The molecule has 6 rings (SSSR count). The largest absolute Gasteiger partial charge is 0.394 e. The van der Waals surface area contributed by atoms with Gasteiger partial charge in [0.2, 0.25) is 0 Å². The minimum absolute atomic E-state index is 0.257. The molecule has 0 saturated carbocycles. The van der Waals surface area contributed by atoms with Gasteiger partial charge in [-0.25, -0.2) is 9.97 Å². The number of nitrogens with zero attached hydrogens (tertiary/aromatic N) is 3. The third-order valence-electron chi connectivity index (χ3n) is 6.78. The normalized spacial score (nSPS) is 12.0.